The summed E-state index contributed by atoms with van der Waals surface area (Å²) in [6, 6.07) is 9.31. The summed E-state index contributed by atoms with van der Waals surface area (Å²) in [4.78, 5) is 32.0. The largest absolute Gasteiger partial charge is 0.497 e. The number of H-pyrrole nitrogens is 1. The monoisotopic (exact) mass is 378 g/mol. The molecule has 1 aromatic heterocycles. The van der Waals surface area contributed by atoms with Gasteiger partial charge in [0.2, 0.25) is 11.8 Å². The van der Waals surface area contributed by atoms with Crippen LogP contribution in [0, 0.1) is 18.8 Å². The van der Waals surface area contributed by atoms with Crippen molar-refractivity contribution in [1.29, 1.82) is 0 Å². The second-order valence-electron chi connectivity index (χ2n) is 8.44. The number of nitrogens with one attached hydrogen (secondary N) is 1. The Balaban J connectivity index is 1.61. The molecule has 1 aromatic carbocycles. The Kier molecular flexibility index (Phi) is 4.07. The van der Waals surface area contributed by atoms with Crippen LogP contribution < -0.4 is 9.64 Å². The highest BCUT2D eigenvalue weighted by Gasteiger charge is 2.57. The molecular formula is C23H26N2O3. The van der Waals surface area contributed by atoms with Crippen molar-refractivity contribution in [2.24, 2.45) is 11.8 Å². The van der Waals surface area contributed by atoms with E-state index in [1.54, 1.807) is 31.4 Å². The van der Waals surface area contributed by atoms with Gasteiger partial charge in [-0.2, -0.15) is 0 Å². The predicted molar refractivity (Wildman–Crippen MR) is 107 cm³/mol. The number of carbonyl (C=O) groups excluding carboxylic acids is 2. The van der Waals surface area contributed by atoms with Gasteiger partial charge in [0, 0.05) is 17.3 Å². The molecule has 0 radical (unpaired) electrons. The smallest absolute Gasteiger partial charge is 0.242 e. The number of fused-ring (bicyclic) bond motifs is 6. The summed E-state index contributed by atoms with van der Waals surface area (Å²) in [6.45, 7) is 2.04. The number of aromatic amines is 1. The highest BCUT2D eigenvalue weighted by molar-refractivity contribution is 6.24. The minimum absolute atomic E-state index is 0.0263. The van der Waals surface area contributed by atoms with Gasteiger partial charge in [0.25, 0.3) is 0 Å². The minimum atomic E-state index is -0.353. The molecule has 1 saturated heterocycles. The molecule has 0 bridgehead atoms. The molecule has 3 aliphatic rings. The van der Waals surface area contributed by atoms with E-state index in [0.717, 1.165) is 30.5 Å². The van der Waals surface area contributed by atoms with Gasteiger partial charge in [-0.15, -0.1) is 0 Å². The van der Waals surface area contributed by atoms with Crippen LogP contribution in [0.5, 0.6) is 5.75 Å². The van der Waals surface area contributed by atoms with E-state index in [1.807, 2.05) is 6.92 Å². The molecular weight excluding hydrogens is 352 g/mol. The molecule has 146 valence electrons. The van der Waals surface area contributed by atoms with E-state index < -0.39 is 0 Å². The summed E-state index contributed by atoms with van der Waals surface area (Å²) >= 11 is 0. The lowest BCUT2D eigenvalue weighted by Gasteiger charge is -2.36. The van der Waals surface area contributed by atoms with Crippen LogP contribution in [-0.4, -0.2) is 23.9 Å². The van der Waals surface area contributed by atoms with Gasteiger partial charge >= 0.3 is 0 Å². The SMILES string of the molecule is COc1ccc(N2C(=O)[C@H]3[C@H]4CCCCC[C@H]4c4[nH]c(C)cc4[C@H]3C2=O)cc1. The van der Waals surface area contributed by atoms with Crippen molar-refractivity contribution in [2.75, 3.05) is 12.0 Å². The van der Waals surface area contributed by atoms with Crippen molar-refractivity contribution in [3.8, 4) is 5.75 Å². The molecule has 1 N–H and O–H groups in total. The predicted octanol–water partition coefficient (Wildman–Crippen LogP) is 4.28. The van der Waals surface area contributed by atoms with Crippen molar-refractivity contribution < 1.29 is 14.3 Å². The number of ether oxygens (including phenoxy) is 1. The van der Waals surface area contributed by atoms with Crippen molar-refractivity contribution in [1.82, 2.24) is 4.98 Å². The summed E-state index contributed by atoms with van der Waals surface area (Å²) in [6.07, 6.45) is 5.68. The van der Waals surface area contributed by atoms with Gasteiger partial charge in [-0.25, -0.2) is 4.90 Å². The van der Waals surface area contributed by atoms with Crippen LogP contribution in [-0.2, 0) is 9.59 Å². The van der Waals surface area contributed by atoms with Crippen LogP contribution in [0.2, 0.25) is 0 Å². The summed E-state index contributed by atoms with van der Waals surface area (Å²) in [5.74, 6) is 0.629. The summed E-state index contributed by atoms with van der Waals surface area (Å²) in [5.41, 5.74) is 3.99. The standard InChI is InChI=1S/C23H26N2O3/c1-13-12-18-20-19(16-6-4-3-5-7-17(16)21(18)24-13)22(26)25(23(20)27)14-8-10-15(28-2)11-9-14/h8-12,16-17,19-20,24H,3-7H2,1-2H3/t16-,17+,19-,20+/m0/s1. The Bertz CT molecular complexity index is 930. The maximum atomic E-state index is 13.6. The van der Waals surface area contributed by atoms with Gasteiger partial charge in [0.1, 0.15) is 5.75 Å². The number of nitrogens with zero attached hydrogens (tertiary/aromatic N) is 1. The molecule has 2 heterocycles. The minimum Gasteiger partial charge on any atom is -0.497 e. The lowest BCUT2D eigenvalue weighted by Crippen LogP contribution is -2.35. The third-order valence-electron chi connectivity index (χ3n) is 6.93. The molecule has 4 atom stereocenters. The number of methoxy groups -OCH3 is 1. The van der Waals surface area contributed by atoms with Crippen LogP contribution in [0.25, 0.3) is 0 Å². The van der Waals surface area contributed by atoms with E-state index >= 15 is 0 Å². The third-order valence-corrected chi connectivity index (χ3v) is 6.93. The number of amides is 2. The fraction of sp³-hybridized carbons (Fsp3) is 0.478. The van der Waals surface area contributed by atoms with Crippen LogP contribution in [0.4, 0.5) is 5.69 Å². The van der Waals surface area contributed by atoms with Gasteiger partial charge in [0.05, 0.1) is 24.6 Å². The maximum absolute atomic E-state index is 13.6. The van der Waals surface area contributed by atoms with Crippen molar-refractivity contribution in [2.45, 2.75) is 50.9 Å². The fourth-order valence-electron chi connectivity index (χ4n) is 5.76. The Labute approximate surface area is 165 Å². The number of anilines is 1. The zero-order chi connectivity index (χ0) is 19.4. The van der Waals surface area contributed by atoms with Gasteiger partial charge in [0.15, 0.2) is 0 Å². The molecule has 5 nitrogen and oxygen atoms in total. The molecule has 1 aliphatic heterocycles. The van der Waals surface area contributed by atoms with E-state index in [-0.39, 0.29) is 29.6 Å². The number of carbonyl (C=O) groups is 2. The average Bonchev–Trinajstić information content (AvgIpc) is 3.07. The molecule has 2 aromatic rings. The summed E-state index contributed by atoms with van der Waals surface area (Å²) < 4.78 is 5.22. The van der Waals surface area contributed by atoms with Crippen molar-refractivity contribution in [3.63, 3.8) is 0 Å². The van der Waals surface area contributed by atoms with Crippen LogP contribution in [0.3, 0.4) is 0 Å². The van der Waals surface area contributed by atoms with Crippen LogP contribution in [0.15, 0.2) is 30.3 Å². The molecule has 0 spiro atoms. The molecule has 1 saturated carbocycles. The van der Waals surface area contributed by atoms with Crippen LogP contribution in [0.1, 0.15) is 60.9 Å². The molecule has 0 unspecified atom stereocenters. The average molecular weight is 378 g/mol. The first-order chi connectivity index (χ1) is 13.6. The van der Waals surface area contributed by atoms with Crippen molar-refractivity contribution >= 4 is 17.5 Å². The van der Waals surface area contributed by atoms with E-state index in [2.05, 4.69) is 11.1 Å². The first-order valence-corrected chi connectivity index (χ1v) is 10.3. The first-order valence-electron chi connectivity index (χ1n) is 10.3. The highest BCUT2D eigenvalue weighted by Crippen LogP contribution is 2.55. The molecule has 5 rings (SSSR count). The third kappa shape index (κ3) is 2.45. The van der Waals surface area contributed by atoms with Gasteiger partial charge in [-0.05, 0) is 61.6 Å². The summed E-state index contributed by atoms with van der Waals surface area (Å²) in [7, 11) is 1.61. The van der Waals surface area contributed by atoms with Gasteiger partial charge in [-0.3, -0.25) is 9.59 Å². The summed E-state index contributed by atoms with van der Waals surface area (Å²) in [5, 5.41) is 0. The number of imide groups is 1. The van der Waals surface area contributed by atoms with Gasteiger partial charge in [-0.1, -0.05) is 19.3 Å². The van der Waals surface area contributed by atoms with Crippen LogP contribution >= 0.6 is 0 Å². The zero-order valence-electron chi connectivity index (χ0n) is 16.4. The first kappa shape index (κ1) is 17.5. The molecule has 2 fully saturated rings. The van der Waals surface area contributed by atoms with Crippen molar-refractivity contribution in [3.05, 3.63) is 47.3 Å². The number of hydrogen-bond donors (Lipinski definition) is 1. The fourth-order valence-corrected chi connectivity index (χ4v) is 5.76. The van der Waals surface area contributed by atoms with E-state index in [1.165, 1.54) is 23.4 Å². The molecule has 5 heteroatoms. The molecule has 2 amide bonds. The second kappa shape index (κ2) is 6.50. The normalized spacial score (nSPS) is 29.1. The second-order valence-corrected chi connectivity index (χ2v) is 8.44. The number of hydrogen-bond acceptors (Lipinski definition) is 3. The number of rotatable bonds is 2. The van der Waals surface area contributed by atoms with Gasteiger partial charge < -0.3 is 9.72 Å². The Morgan fingerprint density at radius 1 is 1.04 bits per heavy atom. The maximum Gasteiger partial charge on any atom is 0.242 e. The van der Waals surface area contributed by atoms with E-state index in [9.17, 15) is 9.59 Å². The Morgan fingerprint density at radius 3 is 2.54 bits per heavy atom. The highest BCUT2D eigenvalue weighted by atomic mass is 16.5. The molecule has 2 aliphatic carbocycles. The quantitative estimate of drug-likeness (QED) is 0.793. The van der Waals surface area contributed by atoms with E-state index in [0.29, 0.717) is 17.4 Å². The number of aromatic nitrogens is 1. The lowest BCUT2D eigenvalue weighted by atomic mass is 9.65. The Morgan fingerprint density at radius 2 is 1.79 bits per heavy atom. The lowest BCUT2D eigenvalue weighted by molar-refractivity contribution is -0.123. The number of benzene rings is 1. The zero-order valence-corrected chi connectivity index (χ0v) is 16.4. The Hall–Kier alpha value is -2.56. The topological polar surface area (TPSA) is 62.4 Å². The number of aryl methyl sites for hydroxylation is 1. The van der Waals surface area contributed by atoms with E-state index in [4.69, 9.17) is 4.74 Å². The molecule has 28 heavy (non-hydrogen) atoms.